The highest BCUT2D eigenvalue weighted by Gasteiger charge is 2.36. The topological polar surface area (TPSA) is 30.5 Å². The molecule has 0 bridgehead atoms. The number of hydrogen-bond acceptors (Lipinski definition) is 3. The molecular weight excluding hydrogens is 238 g/mol. The molecule has 19 heavy (non-hydrogen) atoms. The van der Waals surface area contributed by atoms with Gasteiger partial charge in [-0.3, -0.25) is 0 Å². The predicted molar refractivity (Wildman–Crippen MR) is 75.8 cm³/mol. The van der Waals surface area contributed by atoms with Gasteiger partial charge < -0.3 is 14.8 Å². The Bertz CT molecular complexity index is 460. The van der Waals surface area contributed by atoms with E-state index in [4.69, 9.17) is 9.47 Å². The number of nitrogens with one attached hydrogen (secondary N) is 1. The Morgan fingerprint density at radius 1 is 1.37 bits per heavy atom. The molecule has 0 spiro atoms. The van der Waals surface area contributed by atoms with Gasteiger partial charge in [-0.25, -0.2) is 0 Å². The van der Waals surface area contributed by atoms with Crippen molar-refractivity contribution in [3.8, 4) is 5.75 Å². The minimum absolute atomic E-state index is 0.139. The van der Waals surface area contributed by atoms with E-state index < -0.39 is 0 Å². The Morgan fingerprint density at radius 3 is 3.05 bits per heavy atom. The van der Waals surface area contributed by atoms with Crippen LogP contribution in [0.2, 0.25) is 0 Å². The largest absolute Gasteiger partial charge is 0.493 e. The summed E-state index contributed by atoms with van der Waals surface area (Å²) in [5.74, 6) is 1.07. The van der Waals surface area contributed by atoms with Crippen molar-refractivity contribution in [2.45, 2.75) is 44.8 Å². The van der Waals surface area contributed by atoms with Crippen LogP contribution in [0.3, 0.4) is 0 Å². The van der Waals surface area contributed by atoms with Gasteiger partial charge in [0.05, 0.1) is 12.7 Å². The number of hydrogen-bond donors (Lipinski definition) is 1. The molecule has 3 nitrogen and oxygen atoms in total. The number of fused-ring (bicyclic) bond motifs is 1. The highest BCUT2D eigenvalue weighted by atomic mass is 16.5. The molecule has 104 valence electrons. The average molecular weight is 261 g/mol. The lowest BCUT2D eigenvalue weighted by Gasteiger charge is -2.29. The zero-order chi connectivity index (χ0) is 13.3. The van der Waals surface area contributed by atoms with Crippen LogP contribution in [0.25, 0.3) is 0 Å². The molecule has 0 aliphatic carbocycles. The fourth-order valence-electron chi connectivity index (χ4n) is 2.95. The summed E-state index contributed by atoms with van der Waals surface area (Å²) >= 11 is 0. The first kappa shape index (κ1) is 12.9. The Balaban J connectivity index is 1.55. The van der Waals surface area contributed by atoms with Gasteiger partial charge in [-0.15, -0.1) is 0 Å². The molecule has 3 heteroatoms. The fraction of sp³-hybridized carbons (Fsp3) is 0.625. The summed E-state index contributed by atoms with van der Waals surface area (Å²) in [6, 6.07) is 6.59. The van der Waals surface area contributed by atoms with Crippen LogP contribution in [-0.2, 0) is 17.6 Å². The number of rotatable bonds is 4. The van der Waals surface area contributed by atoms with Gasteiger partial charge in [0, 0.05) is 18.6 Å². The minimum atomic E-state index is 0.139. The molecule has 1 N–H and O–H groups in total. The average Bonchev–Trinajstić information content (AvgIpc) is 2.97. The lowest BCUT2D eigenvalue weighted by molar-refractivity contribution is 0.0890. The van der Waals surface area contributed by atoms with Crippen molar-refractivity contribution in [1.29, 1.82) is 0 Å². The van der Waals surface area contributed by atoms with Crippen molar-refractivity contribution in [1.82, 2.24) is 5.32 Å². The van der Waals surface area contributed by atoms with Gasteiger partial charge in [-0.1, -0.05) is 12.1 Å². The third-order valence-electron chi connectivity index (χ3n) is 4.58. The van der Waals surface area contributed by atoms with Gasteiger partial charge >= 0.3 is 0 Å². The van der Waals surface area contributed by atoms with Crippen molar-refractivity contribution >= 4 is 0 Å². The summed E-state index contributed by atoms with van der Waals surface area (Å²) in [5.41, 5.74) is 2.90. The summed E-state index contributed by atoms with van der Waals surface area (Å²) in [5, 5.41) is 3.67. The molecule has 1 aromatic rings. The van der Waals surface area contributed by atoms with E-state index >= 15 is 0 Å². The molecule has 1 fully saturated rings. The lowest BCUT2D eigenvalue weighted by Crippen LogP contribution is -2.48. The molecule has 2 atom stereocenters. The van der Waals surface area contributed by atoms with Crippen LogP contribution in [0.15, 0.2) is 18.2 Å². The second-order valence-electron chi connectivity index (χ2n) is 5.90. The van der Waals surface area contributed by atoms with Crippen molar-refractivity contribution < 1.29 is 9.47 Å². The summed E-state index contributed by atoms with van der Waals surface area (Å²) in [4.78, 5) is 0. The van der Waals surface area contributed by atoms with Gasteiger partial charge in [-0.05, 0) is 50.4 Å². The predicted octanol–water partition coefficient (Wildman–Crippen LogP) is 2.32. The van der Waals surface area contributed by atoms with Crippen molar-refractivity contribution in [3.63, 3.8) is 0 Å². The molecule has 1 saturated heterocycles. The van der Waals surface area contributed by atoms with E-state index in [0.717, 1.165) is 44.8 Å². The normalized spacial score (nSPS) is 29.3. The van der Waals surface area contributed by atoms with E-state index in [-0.39, 0.29) is 5.54 Å². The Kier molecular flexibility index (Phi) is 3.50. The highest BCUT2D eigenvalue weighted by Crippen LogP contribution is 2.27. The van der Waals surface area contributed by atoms with Crippen LogP contribution in [0.4, 0.5) is 0 Å². The first-order chi connectivity index (χ1) is 9.17. The first-order valence-corrected chi connectivity index (χ1v) is 7.29. The van der Waals surface area contributed by atoms with Gasteiger partial charge in [0.2, 0.25) is 0 Å². The van der Waals surface area contributed by atoms with E-state index in [0.29, 0.717) is 6.10 Å². The van der Waals surface area contributed by atoms with Crippen molar-refractivity contribution in [2.24, 2.45) is 0 Å². The van der Waals surface area contributed by atoms with Gasteiger partial charge in [0.1, 0.15) is 5.75 Å². The molecule has 0 radical (unpaired) electrons. The van der Waals surface area contributed by atoms with E-state index in [1.807, 2.05) is 0 Å². The van der Waals surface area contributed by atoms with E-state index in [2.05, 4.69) is 37.4 Å². The van der Waals surface area contributed by atoms with Crippen LogP contribution < -0.4 is 10.1 Å². The highest BCUT2D eigenvalue weighted by molar-refractivity contribution is 5.39. The summed E-state index contributed by atoms with van der Waals surface area (Å²) < 4.78 is 11.2. The maximum absolute atomic E-state index is 5.65. The monoisotopic (exact) mass is 261 g/mol. The molecule has 0 saturated carbocycles. The van der Waals surface area contributed by atoms with Crippen LogP contribution >= 0.6 is 0 Å². The Morgan fingerprint density at radius 2 is 2.26 bits per heavy atom. The molecule has 2 aliphatic heterocycles. The number of benzene rings is 1. The molecule has 2 unspecified atom stereocenters. The quantitative estimate of drug-likeness (QED) is 0.902. The molecule has 0 amide bonds. The molecule has 0 aromatic heterocycles. The maximum Gasteiger partial charge on any atom is 0.122 e. The smallest absolute Gasteiger partial charge is 0.122 e. The van der Waals surface area contributed by atoms with E-state index in [9.17, 15) is 0 Å². The summed E-state index contributed by atoms with van der Waals surface area (Å²) in [7, 11) is 0. The van der Waals surface area contributed by atoms with Crippen LogP contribution in [0.1, 0.15) is 31.4 Å². The standard InChI is InChI=1S/C16H23NO2/c1-12-16(2,7-10-18-12)17-8-5-13-3-4-15-14(11-13)6-9-19-15/h3-4,11-12,17H,5-10H2,1-2H3. The lowest BCUT2D eigenvalue weighted by atomic mass is 9.94. The van der Waals surface area contributed by atoms with Crippen molar-refractivity contribution in [3.05, 3.63) is 29.3 Å². The van der Waals surface area contributed by atoms with Crippen LogP contribution in [0.5, 0.6) is 5.75 Å². The van der Waals surface area contributed by atoms with Gasteiger partial charge in [0.25, 0.3) is 0 Å². The minimum Gasteiger partial charge on any atom is -0.493 e. The maximum atomic E-state index is 5.65. The second-order valence-corrected chi connectivity index (χ2v) is 5.90. The molecule has 3 rings (SSSR count). The third kappa shape index (κ3) is 2.63. The molecule has 2 aliphatic rings. The zero-order valence-electron chi connectivity index (χ0n) is 11.9. The van der Waals surface area contributed by atoms with Crippen LogP contribution in [0, 0.1) is 0 Å². The molecule has 2 heterocycles. The van der Waals surface area contributed by atoms with E-state index in [1.54, 1.807) is 0 Å². The summed E-state index contributed by atoms with van der Waals surface area (Å²) in [6.07, 6.45) is 3.53. The third-order valence-corrected chi connectivity index (χ3v) is 4.58. The number of ether oxygens (including phenoxy) is 2. The second kappa shape index (κ2) is 5.14. The van der Waals surface area contributed by atoms with Crippen LogP contribution in [-0.4, -0.2) is 31.4 Å². The van der Waals surface area contributed by atoms with E-state index in [1.165, 1.54) is 11.1 Å². The molecule has 1 aromatic carbocycles. The van der Waals surface area contributed by atoms with Gasteiger partial charge in [0.15, 0.2) is 0 Å². The summed E-state index contributed by atoms with van der Waals surface area (Å²) in [6.45, 7) is 7.14. The van der Waals surface area contributed by atoms with Crippen molar-refractivity contribution in [2.75, 3.05) is 19.8 Å². The SMILES string of the molecule is CC1OCCC1(C)NCCc1ccc2c(c1)CCO2. The Hall–Kier alpha value is -1.06. The Labute approximate surface area is 115 Å². The zero-order valence-corrected chi connectivity index (χ0v) is 11.9. The fourth-order valence-corrected chi connectivity index (χ4v) is 2.95. The first-order valence-electron chi connectivity index (χ1n) is 7.29. The molecular formula is C16H23NO2. The van der Waals surface area contributed by atoms with Gasteiger partial charge in [-0.2, -0.15) is 0 Å².